The van der Waals surface area contributed by atoms with Crippen LogP contribution >= 0.6 is 0 Å². The highest BCUT2D eigenvalue weighted by atomic mass is 19.1. The Kier molecular flexibility index (Phi) is 16.2. The summed E-state index contributed by atoms with van der Waals surface area (Å²) in [6, 6.07) is 8.34. The molecule has 2 saturated heterocycles. The van der Waals surface area contributed by atoms with Crippen LogP contribution in [0.2, 0.25) is 0 Å². The number of nitrogens with two attached hydrogens (primary N) is 2. The number of nitrogens with one attached hydrogen (secondary N) is 2. The van der Waals surface area contributed by atoms with Crippen LogP contribution in [-0.2, 0) is 51.6 Å². The van der Waals surface area contributed by atoms with Gasteiger partial charge in [-0.2, -0.15) is 0 Å². The number of ether oxygens (including phenoxy) is 2. The fraction of sp³-hybridized carbons (Fsp3) is 0.250. The van der Waals surface area contributed by atoms with Crippen molar-refractivity contribution in [1.82, 2.24) is 30.1 Å². The van der Waals surface area contributed by atoms with E-state index in [9.17, 15) is 28.0 Å². The van der Waals surface area contributed by atoms with Crippen LogP contribution in [0.25, 0.3) is 22.3 Å². The molecular formula is C40H38F4N14O10. The number of hydrogen-bond acceptors (Lipinski definition) is 20. The summed E-state index contributed by atoms with van der Waals surface area (Å²) in [4.78, 5) is 90.0. The number of aromatic nitrogens is 4. The SMILES string of the molecule is N=C(N)N(OC(=O)/C=C\C(=O)ON(C(=N)N)C(=O)OCc1cccc(-c2cnc(N3CC(=NOCCF)C3)nc2)c1F)C(=O)OCc1cccc(-c2cnc(N3CC(=NOCCF)C3)nc2)c1F. The quantitative estimate of drug-likeness (QED) is 0.0313. The fourth-order valence-electron chi connectivity index (χ4n) is 5.75. The molecule has 0 spiro atoms. The number of hydroxylamine groups is 4. The molecule has 2 aromatic heterocycles. The number of alkyl halides is 2. The lowest BCUT2D eigenvalue weighted by Crippen LogP contribution is -2.48. The summed E-state index contributed by atoms with van der Waals surface area (Å²) in [5, 5.41) is 22.7. The molecule has 4 heterocycles. The van der Waals surface area contributed by atoms with Gasteiger partial charge in [-0.1, -0.05) is 56.8 Å². The Hall–Kier alpha value is -8.98. The number of rotatable bonds is 16. The van der Waals surface area contributed by atoms with E-state index in [0.717, 1.165) is 0 Å². The molecule has 2 fully saturated rings. The zero-order chi connectivity index (χ0) is 48.7. The number of nitrogens with zero attached hydrogens (tertiary/aromatic N) is 10. The monoisotopic (exact) mass is 950 g/mol. The van der Waals surface area contributed by atoms with Gasteiger partial charge in [0.1, 0.15) is 51.4 Å². The molecule has 6 N–H and O–H groups in total. The minimum Gasteiger partial charge on any atom is -0.442 e. The maximum absolute atomic E-state index is 15.5. The molecule has 24 nitrogen and oxygen atoms in total. The van der Waals surface area contributed by atoms with E-state index < -0.39 is 74.2 Å². The normalized spacial score (nSPS) is 12.8. The van der Waals surface area contributed by atoms with Crippen molar-refractivity contribution < 1.29 is 65.6 Å². The van der Waals surface area contributed by atoms with Crippen molar-refractivity contribution in [2.24, 2.45) is 21.8 Å². The van der Waals surface area contributed by atoms with Crippen molar-refractivity contribution in [1.29, 1.82) is 10.8 Å². The Labute approximate surface area is 381 Å². The molecule has 2 amide bonds. The minimum atomic E-state index is -1.54. The standard InChI is InChI=1S/C40H38F4N14O10/c41-9-11-65-53-27-17-55(18-27)37-49-13-25(14-50-37)29-5-1-3-23(33(29)43)21-63-39(61)57(35(45)46)67-31(59)7-8-32(60)68-58(36(47)48)40(62)64-22-24-4-2-6-30(34(24)44)26-15-51-38(52-16-26)56-19-28(20-56)54-66-12-10-42/h1-8,13-16H,9-12,17-22H2,(H3,45,46)(H3,47,48)/b8-7-. The summed E-state index contributed by atoms with van der Waals surface area (Å²) in [5.74, 6) is -6.33. The summed E-state index contributed by atoms with van der Waals surface area (Å²) in [5.41, 5.74) is 12.4. The predicted molar refractivity (Wildman–Crippen MR) is 227 cm³/mol. The molecule has 0 saturated carbocycles. The van der Waals surface area contributed by atoms with Crippen molar-refractivity contribution in [3.63, 3.8) is 0 Å². The molecule has 68 heavy (non-hydrogen) atoms. The van der Waals surface area contributed by atoms with Gasteiger partial charge in [-0.15, -0.1) is 0 Å². The lowest BCUT2D eigenvalue weighted by atomic mass is 10.1. The number of guanidine groups is 2. The molecule has 28 heteroatoms. The molecule has 0 unspecified atom stereocenters. The highest BCUT2D eigenvalue weighted by molar-refractivity contribution is 6.00. The Balaban J connectivity index is 0.971. The lowest BCUT2D eigenvalue weighted by molar-refractivity contribution is -0.164. The molecule has 2 aromatic carbocycles. The first-order chi connectivity index (χ1) is 32.8. The Bertz CT molecular complexity index is 2430. The molecule has 4 aromatic rings. The second-order valence-corrected chi connectivity index (χ2v) is 13.8. The van der Waals surface area contributed by atoms with E-state index in [4.69, 9.17) is 51.1 Å². The zero-order valence-corrected chi connectivity index (χ0v) is 35.2. The summed E-state index contributed by atoms with van der Waals surface area (Å²) in [7, 11) is 0. The van der Waals surface area contributed by atoms with E-state index >= 15 is 8.78 Å². The third kappa shape index (κ3) is 12.4. The van der Waals surface area contributed by atoms with Crippen molar-refractivity contribution in [2.45, 2.75) is 13.2 Å². The molecular weight excluding hydrogens is 913 g/mol. The van der Waals surface area contributed by atoms with Gasteiger partial charge in [0.15, 0.2) is 0 Å². The van der Waals surface area contributed by atoms with Crippen molar-refractivity contribution in [3.8, 4) is 22.3 Å². The number of halogens is 4. The number of amides is 2. The molecule has 0 aliphatic carbocycles. The largest absolute Gasteiger partial charge is 0.451 e. The van der Waals surface area contributed by atoms with E-state index in [2.05, 4.69) is 30.2 Å². The van der Waals surface area contributed by atoms with Crippen LogP contribution in [-0.4, -0.2) is 130 Å². The minimum absolute atomic E-state index is 0.0441. The van der Waals surface area contributed by atoms with Gasteiger partial charge in [0.25, 0.3) is 0 Å². The first kappa shape index (κ1) is 48.5. The molecule has 0 radical (unpaired) electrons. The van der Waals surface area contributed by atoms with Gasteiger partial charge in [0.05, 0.1) is 37.6 Å². The Morgan fingerprint density at radius 1 is 0.647 bits per heavy atom. The predicted octanol–water partition coefficient (Wildman–Crippen LogP) is 3.04. The maximum Gasteiger partial charge on any atom is 0.451 e. The number of carbonyl (C=O) groups excluding carboxylic acids is 4. The van der Waals surface area contributed by atoms with Crippen LogP contribution in [0, 0.1) is 22.5 Å². The number of oxime groups is 2. The van der Waals surface area contributed by atoms with Crippen LogP contribution in [0.15, 0.2) is 83.6 Å². The number of benzene rings is 2. The van der Waals surface area contributed by atoms with Gasteiger partial charge in [-0.05, 0) is 0 Å². The summed E-state index contributed by atoms with van der Waals surface area (Å²) >= 11 is 0. The van der Waals surface area contributed by atoms with Crippen LogP contribution in [0.4, 0.5) is 39.0 Å². The fourth-order valence-corrected chi connectivity index (χ4v) is 5.75. The zero-order valence-electron chi connectivity index (χ0n) is 35.2. The number of hydrogen-bond donors (Lipinski definition) is 4. The van der Waals surface area contributed by atoms with Crippen LogP contribution < -0.4 is 21.3 Å². The van der Waals surface area contributed by atoms with Crippen LogP contribution in [0.1, 0.15) is 11.1 Å². The highest BCUT2D eigenvalue weighted by Gasteiger charge is 2.29. The molecule has 2 aliphatic rings. The van der Waals surface area contributed by atoms with Gasteiger partial charge in [-0.3, -0.25) is 10.8 Å². The molecule has 0 bridgehead atoms. The molecule has 2 aliphatic heterocycles. The van der Waals surface area contributed by atoms with Gasteiger partial charge < -0.3 is 50.1 Å². The topological polar surface area (TPSA) is 313 Å². The second kappa shape index (κ2) is 22.8. The van der Waals surface area contributed by atoms with Crippen molar-refractivity contribution in [3.05, 3.63) is 96.1 Å². The second-order valence-electron chi connectivity index (χ2n) is 13.8. The van der Waals surface area contributed by atoms with Gasteiger partial charge in [-0.25, -0.2) is 56.7 Å². The van der Waals surface area contributed by atoms with Crippen LogP contribution in [0.3, 0.4) is 0 Å². The van der Waals surface area contributed by atoms with E-state index in [1.807, 2.05) is 0 Å². The third-order valence-corrected chi connectivity index (χ3v) is 9.03. The number of carbonyl (C=O) groups is 4. The Morgan fingerprint density at radius 3 is 1.35 bits per heavy atom. The maximum atomic E-state index is 15.5. The first-order valence-electron chi connectivity index (χ1n) is 19.7. The first-order valence-corrected chi connectivity index (χ1v) is 19.7. The summed E-state index contributed by atoms with van der Waals surface area (Å²) in [6.45, 7) is -1.69. The molecule has 0 atom stereocenters. The average molecular weight is 951 g/mol. The highest BCUT2D eigenvalue weighted by Crippen LogP contribution is 2.28. The Morgan fingerprint density at radius 2 is 1.01 bits per heavy atom. The van der Waals surface area contributed by atoms with Gasteiger partial charge >= 0.3 is 24.1 Å². The summed E-state index contributed by atoms with van der Waals surface area (Å²) in [6.07, 6.45) is 3.15. The van der Waals surface area contributed by atoms with E-state index in [-0.39, 0.29) is 56.7 Å². The lowest BCUT2D eigenvalue weighted by Gasteiger charge is -2.31. The van der Waals surface area contributed by atoms with E-state index in [1.54, 1.807) is 9.80 Å². The van der Waals surface area contributed by atoms with Crippen LogP contribution in [0.5, 0.6) is 0 Å². The smallest absolute Gasteiger partial charge is 0.442 e. The molecule has 6 rings (SSSR count). The van der Waals surface area contributed by atoms with Crippen molar-refractivity contribution in [2.75, 3.05) is 62.5 Å². The average Bonchev–Trinajstić information content (AvgIpc) is 3.30. The van der Waals surface area contributed by atoms with Crippen molar-refractivity contribution >= 4 is 59.4 Å². The van der Waals surface area contributed by atoms with E-state index in [1.165, 1.54) is 61.2 Å². The van der Waals surface area contributed by atoms with Gasteiger partial charge in [0.2, 0.25) is 23.8 Å². The van der Waals surface area contributed by atoms with E-state index in [0.29, 0.717) is 61.7 Å². The van der Waals surface area contributed by atoms with Gasteiger partial charge in [0, 0.05) is 70.3 Å². The summed E-state index contributed by atoms with van der Waals surface area (Å²) < 4.78 is 65.5. The third-order valence-electron chi connectivity index (χ3n) is 9.03. The molecule has 356 valence electrons. The number of anilines is 2.